The summed E-state index contributed by atoms with van der Waals surface area (Å²) in [5.41, 5.74) is 6.17. The largest absolute Gasteiger partial charge is 0.465 e. The molecule has 84 valence electrons. The lowest BCUT2D eigenvalue weighted by Crippen LogP contribution is -2.21. The van der Waals surface area contributed by atoms with Gasteiger partial charge in [0.2, 0.25) is 0 Å². The molecule has 0 bridgehead atoms. The maximum absolute atomic E-state index is 6.05. The van der Waals surface area contributed by atoms with Crippen molar-refractivity contribution in [3.8, 4) is 0 Å². The second kappa shape index (κ2) is 3.95. The fraction of sp³-hybridized carbons (Fsp3) is 0.667. The maximum Gasteiger partial charge on any atom is 0.120 e. The van der Waals surface area contributed by atoms with Crippen molar-refractivity contribution < 1.29 is 4.42 Å². The highest BCUT2D eigenvalue weighted by atomic mass is 79.9. The smallest absolute Gasteiger partial charge is 0.120 e. The van der Waals surface area contributed by atoms with Gasteiger partial charge in [0, 0.05) is 17.9 Å². The molecule has 15 heavy (non-hydrogen) atoms. The first kappa shape index (κ1) is 11.2. The Balaban J connectivity index is 1.99. The van der Waals surface area contributed by atoms with Crippen LogP contribution in [0.4, 0.5) is 0 Å². The van der Waals surface area contributed by atoms with Crippen molar-refractivity contribution in [1.82, 2.24) is 0 Å². The topological polar surface area (TPSA) is 39.2 Å². The minimum Gasteiger partial charge on any atom is -0.465 e. The number of aryl methyl sites for hydroxylation is 1. The molecule has 0 saturated heterocycles. The molecule has 2 N–H and O–H groups in total. The minimum atomic E-state index is 0.122. The average molecular weight is 272 g/mol. The standard InChI is InChI=1S/C12H18BrNO/c1-8(2)11-10(13)7-9(15-11)3-4-12(14)5-6-12/h7-8H,3-6,14H2,1-2H3. The van der Waals surface area contributed by atoms with E-state index < -0.39 is 0 Å². The van der Waals surface area contributed by atoms with Crippen molar-refractivity contribution in [2.75, 3.05) is 0 Å². The lowest BCUT2D eigenvalue weighted by atomic mass is 10.1. The number of furan rings is 1. The number of hydrogen-bond acceptors (Lipinski definition) is 2. The van der Waals surface area contributed by atoms with E-state index in [-0.39, 0.29) is 5.54 Å². The number of rotatable bonds is 4. The SMILES string of the molecule is CC(C)c1oc(CCC2(N)CC2)cc1Br. The van der Waals surface area contributed by atoms with E-state index in [0.29, 0.717) is 5.92 Å². The molecule has 1 aromatic rings. The van der Waals surface area contributed by atoms with E-state index in [2.05, 4.69) is 35.8 Å². The van der Waals surface area contributed by atoms with Gasteiger partial charge in [-0.05, 0) is 41.3 Å². The zero-order valence-corrected chi connectivity index (χ0v) is 10.9. The quantitative estimate of drug-likeness (QED) is 0.909. The fourth-order valence-electron chi connectivity index (χ4n) is 1.73. The summed E-state index contributed by atoms with van der Waals surface area (Å²) in [6, 6.07) is 2.08. The molecular formula is C12H18BrNO. The van der Waals surface area contributed by atoms with Crippen molar-refractivity contribution in [1.29, 1.82) is 0 Å². The summed E-state index contributed by atoms with van der Waals surface area (Å²) in [5, 5.41) is 0. The Bertz CT molecular complexity index is 353. The van der Waals surface area contributed by atoms with Crippen LogP contribution in [-0.4, -0.2) is 5.54 Å². The zero-order chi connectivity index (χ0) is 11.1. The second-order valence-electron chi connectivity index (χ2n) is 4.94. The monoisotopic (exact) mass is 271 g/mol. The molecule has 1 aliphatic carbocycles. The summed E-state index contributed by atoms with van der Waals surface area (Å²) in [5.74, 6) is 2.54. The van der Waals surface area contributed by atoms with Crippen LogP contribution in [0.1, 0.15) is 50.5 Å². The summed E-state index contributed by atoms with van der Waals surface area (Å²) >= 11 is 3.53. The van der Waals surface area contributed by atoms with Gasteiger partial charge >= 0.3 is 0 Å². The highest BCUT2D eigenvalue weighted by molar-refractivity contribution is 9.10. The van der Waals surface area contributed by atoms with Crippen molar-refractivity contribution in [2.45, 2.75) is 51.0 Å². The van der Waals surface area contributed by atoms with E-state index in [0.717, 1.165) is 28.8 Å². The van der Waals surface area contributed by atoms with Crippen LogP contribution in [0, 0.1) is 0 Å². The first-order chi connectivity index (χ1) is 7.00. The van der Waals surface area contributed by atoms with Crippen molar-refractivity contribution in [2.24, 2.45) is 5.73 Å². The van der Waals surface area contributed by atoms with Crippen LogP contribution in [-0.2, 0) is 6.42 Å². The Morgan fingerprint density at radius 2 is 2.20 bits per heavy atom. The van der Waals surface area contributed by atoms with Crippen LogP contribution in [0.25, 0.3) is 0 Å². The summed E-state index contributed by atoms with van der Waals surface area (Å²) in [6.07, 6.45) is 4.35. The highest BCUT2D eigenvalue weighted by Crippen LogP contribution is 2.37. The minimum absolute atomic E-state index is 0.122. The molecule has 0 spiro atoms. The molecule has 1 heterocycles. The molecule has 2 nitrogen and oxygen atoms in total. The Kier molecular flexibility index (Phi) is 2.95. The molecule has 0 aromatic carbocycles. The molecule has 3 heteroatoms. The van der Waals surface area contributed by atoms with Gasteiger partial charge in [-0.1, -0.05) is 13.8 Å². The highest BCUT2D eigenvalue weighted by Gasteiger charge is 2.37. The van der Waals surface area contributed by atoms with Gasteiger partial charge in [0.15, 0.2) is 0 Å². The first-order valence-electron chi connectivity index (χ1n) is 5.57. The van der Waals surface area contributed by atoms with E-state index in [1.165, 1.54) is 12.8 Å². The van der Waals surface area contributed by atoms with Gasteiger partial charge in [0.1, 0.15) is 11.5 Å². The third-order valence-electron chi connectivity index (χ3n) is 3.05. The van der Waals surface area contributed by atoms with E-state index in [9.17, 15) is 0 Å². The Morgan fingerprint density at radius 3 is 2.67 bits per heavy atom. The van der Waals surface area contributed by atoms with Gasteiger partial charge < -0.3 is 10.2 Å². The molecule has 1 aliphatic rings. The van der Waals surface area contributed by atoms with Crippen LogP contribution >= 0.6 is 15.9 Å². The second-order valence-corrected chi connectivity index (χ2v) is 5.80. The Hall–Kier alpha value is -0.280. The van der Waals surface area contributed by atoms with E-state index in [4.69, 9.17) is 10.2 Å². The van der Waals surface area contributed by atoms with Gasteiger partial charge in [0.05, 0.1) is 4.47 Å². The number of hydrogen-bond donors (Lipinski definition) is 1. The maximum atomic E-state index is 6.05. The fourth-order valence-corrected chi connectivity index (χ4v) is 2.53. The molecule has 0 aliphatic heterocycles. The van der Waals surface area contributed by atoms with Gasteiger partial charge in [-0.3, -0.25) is 0 Å². The summed E-state index contributed by atoms with van der Waals surface area (Å²) < 4.78 is 6.89. The van der Waals surface area contributed by atoms with Gasteiger partial charge in [-0.25, -0.2) is 0 Å². The predicted molar refractivity (Wildman–Crippen MR) is 65.0 cm³/mol. The third-order valence-corrected chi connectivity index (χ3v) is 3.67. The zero-order valence-electron chi connectivity index (χ0n) is 9.35. The van der Waals surface area contributed by atoms with E-state index in [1.54, 1.807) is 0 Å². The van der Waals surface area contributed by atoms with Crippen LogP contribution in [0.2, 0.25) is 0 Å². The number of nitrogens with two attached hydrogens (primary N) is 1. The van der Waals surface area contributed by atoms with Crippen LogP contribution < -0.4 is 5.73 Å². The molecule has 0 amide bonds. The van der Waals surface area contributed by atoms with Crippen molar-refractivity contribution in [3.05, 3.63) is 22.1 Å². The summed E-state index contributed by atoms with van der Waals surface area (Å²) in [7, 11) is 0. The Labute approximate surface area is 99.3 Å². The van der Waals surface area contributed by atoms with Crippen LogP contribution in [0.15, 0.2) is 15.0 Å². The van der Waals surface area contributed by atoms with Gasteiger partial charge in [-0.15, -0.1) is 0 Å². The average Bonchev–Trinajstić information content (AvgIpc) is 2.75. The molecule has 0 unspecified atom stereocenters. The van der Waals surface area contributed by atoms with Crippen molar-refractivity contribution in [3.63, 3.8) is 0 Å². The van der Waals surface area contributed by atoms with Crippen LogP contribution in [0.5, 0.6) is 0 Å². The van der Waals surface area contributed by atoms with Crippen LogP contribution in [0.3, 0.4) is 0 Å². The van der Waals surface area contributed by atoms with Crippen molar-refractivity contribution >= 4 is 15.9 Å². The molecule has 1 aromatic heterocycles. The molecule has 0 atom stereocenters. The predicted octanol–water partition coefficient (Wildman–Crippen LogP) is 3.59. The lowest BCUT2D eigenvalue weighted by molar-refractivity contribution is 0.431. The first-order valence-corrected chi connectivity index (χ1v) is 6.36. The van der Waals surface area contributed by atoms with Gasteiger partial charge in [0.25, 0.3) is 0 Å². The molecule has 1 fully saturated rings. The molecular weight excluding hydrogens is 254 g/mol. The number of halogens is 1. The van der Waals surface area contributed by atoms with E-state index in [1.807, 2.05) is 0 Å². The summed E-state index contributed by atoms with van der Waals surface area (Å²) in [4.78, 5) is 0. The van der Waals surface area contributed by atoms with Gasteiger partial charge in [-0.2, -0.15) is 0 Å². The molecule has 0 radical (unpaired) electrons. The van der Waals surface area contributed by atoms with E-state index >= 15 is 0 Å². The third kappa shape index (κ3) is 2.64. The molecule has 1 saturated carbocycles. The molecule has 2 rings (SSSR count). The Morgan fingerprint density at radius 1 is 1.53 bits per heavy atom. The summed E-state index contributed by atoms with van der Waals surface area (Å²) in [6.45, 7) is 4.28. The lowest BCUT2D eigenvalue weighted by Gasteiger charge is -2.05. The normalized spacial score (nSPS) is 18.5.